The molecule has 0 amide bonds. The first-order chi connectivity index (χ1) is 8.56. The van der Waals surface area contributed by atoms with Crippen molar-refractivity contribution in [3.63, 3.8) is 0 Å². The lowest BCUT2D eigenvalue weighted by atomic mass is 10.2. The highest BCUT2D eigenvalue weighted by molar-refractivity contribution is 7.98. The summed E-state index contributed by atoms with van der Waals surface area (Å²) in [5.74, 6) is -0.0160. The summed E-state index contributed by atoms with van der Waals surface area (Å²) in [6, 6.07) is 7.09. The van der Waals surface area contributed by atoms with Crippen molar-refractivity contribution in [2.75, 3.05) is 5.73 Å². The van der Waals surface area contributed by atoms with E-state index in [-0.39, 0.29) is 5.69 Å². The predicted octanol–water partition coefficient (Wildman–Crippen LogP) is 2.56. The van der Waals surface area contributed by atoms with Gasteiger partial charge in [0.1, 0.15) is 5.76 Å². The van der Waals surface area contributed by atoms with Gasteiger partial charge in [-0.05, 0) is 30.7 Å². The third-order valence-corrected chi connectivity index (χ3v) is 3.54. The molecular formula is C12H12N2O3S. The van der Waals surface area contributed by atoms with Crippen LogP contribution in [0.25, 0.3) is 0 Å². The highest BCUT2D eigenvalue weighted by Gasteiger charge is 2.11. The molecule has 3 N–H and O–H groups in total. The van der Waals surface area contributed by atoms with E-state index in [1.807, 2.05) is 25.1 Å². The molecule has 2 aromatic rings. The Morgan fingerprint density at radius 1 is 1.50 bits per heavy atom. The van der Waals surface area contributed by atoms with Crippen LogP contribution in [0, 0.1) is 6.92 Å². The fraction of sp³-hybridized carbons (Fsp3) is 0.167. The van der Waals surface area contributed by atoms with Crippen LogP contribution in [0.4, 0.5) is 5.69 Å². The smallest absolute Gasteiger partial charge is 0.358 e. The number of nitrogens with zero attached hydrogens (tertiary/aromatic N) is 1. The Hall–Kier alpha value is -1.95. The number of hydrogen-bond donors (Lipinski definition) is 2. The van der Waals surface area contributed by atoms with Gasteiger partial charge in [-0.3, -0.25) is 0 Å². The van der Waals surface area contributed by atoms with Crippen LogP contribution < -0.4 is 5.73 Å². The lowest BCUT2D eigenvalue weighted by molar-refractivity contribution is 0.0685. The number of thioether (sulfide) groups is 1. The van der Waals surface area contributed by atoms with Gasteiger partial charge in [0.2, 0.25) is 0 Å². The second kappa shape index (κ2) is 5.14. The van der Waals surface area contributed by atoms with Crippen LogP contribution in [0.3, 0.4) is 0 Å². The molecule has 1 aromatic carbocycles. The number of carbonyl (C=O) groups is 1. The van der Waals surface area contributed by atoms with E-state index in [4.69, 9.17) is 15.4 Å². The number of hydrogen-bond acceptors (Lipinski definition) is 5. The fourth-order valence-electron chi connectivity index (χ4n) is 1.47. The van der Waals surface area contributed by atoms with E-state index in [9.17, 15) is 4.79 Å². The second-order valence-electron chi connectivity index (χ2n) is 3.80. The Morgan fingerprint density at radius 3 is 2.89 bits per heavy atom. The van der Waals surface area contributed by atoms with E-state index >= 15 is 0 Å². The van der Waals surface area contributed by atoms with Crippen LogP contribution in [-0.4, -0.2) is 16.2 Å². The summed E-state index contributed by atoms with van der Waals surface area (Å²) >= 11 is 1.55. The lowest BCUT2D eigenvalue weighted by Crippen LogP contribution is -1.94. The van der Waals surface area contributed by atoms with Crippen molar-refractivity contribution in [1.29, 1.82) is 0 Å². The molecule has 18 heavy (non-hydrogen) atoms. The zero-order valence-electron chi connectivity index (χ0n) is 9.71. The highest BCUT2D eigenvalue weighted by atomic mass is 32.2. The van der Waals surface area contributed by atoms with Gasteiger partial charge in [0.15, 0.2) is 5.69 Å². The maximum absolute atomic E-state index is 10.6. The van der Waals surface area contributed by atoms with E-state index in [0.717, 1.165) is 16.1 Å². The van der Waals surface area contributed by atoms with Gasteiger partial charge in [0.05, 0.1) is 5.75 Å². The predicted molar refractivity (Wildman–Crippen MR) is 68.6 cm³/mol. The summed E-state index contributed by atoms with van der Waals surface area (Å²) in [5, 5.41) is 12.2. The molecule has 0 saturated carbocycles. The van der Waals surface area contributed by atoms with Crippen LogP contribution in [0.1, 0.15) is 21.8 Å². The van der Waals surface area contributed by atoms with Crippen LogP contribution in [0.5, 0.6) is 0 Å². The molecule has 0 fully saturated rings. The minimum absolute atomic E-state index is 0.0698. The van der Waals surface area contributed by atoms with E-state index in [1.165, 1.54) is 6.07 Å². The molecular weight excluding hydrogens is 252 g/mol. The number of aromatic carboxylic acids is 1. The fourth-order valence-corrected chi connectivity index (χ4v) is 2.35. The number of nitrogens with two attached hydrogens (primary N) is 1. The topological polar surface area (TPSA) is 89.4 Å². The molecule has 0 saturated heterocycles. The van der Waals surface area contributed by atoms with Crippen molar-refractivity contribution in [3.05, 3.63) is 41.3 Å². The molecule has 0 aliphatic heterocycles. The van der Waals surface area contributed by atoms with Crippen molar-refractivity contribution in [2.24, 2.45) is 0 Å². The van der Waals surface area contributed by atoms with Gasteiger partial charge in [-0.15, -0.1) is 11.8 Å². The van der Waals surface area contributed by atoms with Gasteiger partial charge < -0.3 is 15.4 Å². The van der Waals surface area contributed by atoms with E-state index in [0.29, 0.717) is 11.5 Å². The van der Waals surface area contributed by atoms with Gasteiger partial charge in [-0.2, -0.15) is 0 Å². The summed E-state index contributed by atoms with van der Waals surface area (Å²) in [4.78, 5) is 11.7. The van der Waals surface area contributed by atoms with E-state index in [2.05, 4.69) is 5.16 Å². The molecule has 1 aromatic heterocycles. The molecule has 0 unspecified atom stereocenters. The molecule has 0 radical (unpaired) electrons. The van der Waals surface area contributed by atoms with Crippen molar-refractivity contribution in [3.8, 4) is 0 Å². The number of benzene rings is 1. The van der Waals surface area contributed by atoms with Crippen LogP contribution in [0.15, 0.2) is 33.7 Å². The quantitative estimate of drug-likeness (QED) is 0.651. The standard InChI is InChI=1S/C12H12N2O3S/c1-7-4-8(13)2-3-11(7)18-6-9-5-10(12(15)16)14-17-9/h2-5H,6,13H2,1H3,(H,15,16). The minimum atomic E-state index is -1.08. The van der Waals surface area contributed by atoms with Gasteiger partial charge >= 0.3 is 5.97 Å². The van der Waals surface area contributed by atoms with Gasteiger partial charge in [0.25, 0.3) is 0 Å². The molecule has 0 aliphatic rings. The normalized spacial score (nSPS) is 10.5. The summed E-state index contributed by atoms with van der Waals surface area (Å²) in [6.07, 6.45) is 0. The Labute approximate surface area is 108 Å². The third kappa shape index (κ3) is 2.84. The molecule has 6 heteroatoms. The zero-order valence-corrected chi connectivity index (χ0v) is 10.5. The minimum Gasteiger partial charge on any atom is -0.476 e. The van der Waals surface area contributed by atoms with Crippen molar-refractivity contribution >= 4 is 23.4 Å². The first-order valence-electron chi connectivity index (χ1n) is 5.24. The van der Waals surface area contributed by atoms with Crippen LogP contribution in [-0.2, 0) is 5.75 Å². The van der Waals surface area contributed by atoms with E-state index in [1.54, 1.807) is 11.8 Å². The SMILES string of the molecule is Cc1cc(N)ccc1SCc1cc(C(=O)O)no1. The molecule has 0 spiro atoms. The monoisotopic (exact) mass is 264 g/mol. The molecule has 2 rings (SSSR count). The molecule has 0 atom stereocenters. The lowest BCUT2D eigenvalue weighted by Gasteiger charge is -2.04. The van der Waals surface area contributed by atoms with Gasteiger partial charge in [0, 0.05) is 16.6 Å². The number of carboxylic acid groups (broad SMARTS) is 1. The van der Waals surface area contributed by atoms with E-state index < -0.39 is 5.97 Å². The van der Waals surface area contributed by atoms with Gasteiger partial charge in [-0.1, -0.05) is 5.16 Å². The first-order valence-corrected chi connectivity index (χ1v) is 6.22. The molecule has 5 nitrogen and oxygen atoms in total. The number of aryl methyl sites for hydroxylation is 1. The summed E-state index contributed by atoms with van der Waals surface area (Å²) < 4.78 is 4.93. The second-order valence-corrected chi connectivity index (χ2v) is 4.81. The van der Waals surface area contributed by atoms with Crippen LogP contribution in [0.2, 0.25) is 0 Å². The Bertz CT molecular complexity index is 580. The van der Waals surface area contributed by atoms with Crippen molar-refractivity contribution in [2.45, 2.75) is 17.6 Å². The highest BCUT2D eigenvalue weighted by Crippen LogP contribution is 2.27. The first kappa shape index (κ1) is 12.5. The van der Waals surface area contributed by atoms with Gasteiger partial charge in [-0.25, -0.2) is 4.79 Å². The molecule has 1 heterocycles. The largest absolute Gasteiger partial charge is 0.476 e. The molecule has 94 valence electrons. The van der Waals surface area contributed by atoms with Crippen molar-refractivity contribution in [1.82, 2.24) is 5.16 Å². The maximum Gasteiger partial charge on any atom is 0.358 e. The summed E-state index contributed by atoms with van der Waals surface area (Å²) in [5.41, 5.74) is 7.41. The number of aromatic nitrogens is 1. The van der Waals surface area contributed by atoms with Crippen molar-refractivity contribution < 1.29 is 14.4 Å². The zero-order chi connectivity index (χ0) is 13.1. The molecule has 0 bridgehead atoms. The van der Waals surface area contributed by atoms with Crippen LogP contribution >= 0.6 is 11.8 Å². The third-order valence-electron chi connectivity index (χ3n) is 2.35. The Kier molecular flexibility index (Phi) is 3.57. The number of rotatable bonds is 4. The number of nitrogen functional groups attached to an aromatic ring is 1. The maximum atomic E-state index is 10.6. The number of carboxylic acids is 1. The number of anilines is 1. The Balaban J connectivity index is 2.04. The average Bonchev–Trinajstić information content (AvgIpc) is 2.76. The summed E-state index contributed by atoms with van der Waals surface area (Å²) in [6.45, 7) is 1.97. The Morgan fingerprint density at radius 2 is 2.28 bits per heavy atom. The molecule has 0 aliphatic carbocycles. The summed E-state index contributed by atoms with van der Waals surface area (Å²) in [7, 11) is 0. The average molecular weight is 264 g/mol.